The Labute approximate surface area is 71.1 Å². The number of quaternary nitrogens is 1. The van der Waals surface area contributed by atoms with Gasteiger partial charge in [0.25, 0.3) is 0 Å². The molecule has 0 aromatic carbocycles. The summed E-state index contributed by atoms with van der Waals surface area (Å²) in [5, 5.41) is 19.8. The molecule has 72 valence electrons. The van der Waals surface area contributed by atoms with Gasteiger partial charge in [-0.3, -0.25) is 0 Å². The normalized spacial score (nSPS) is 32.6. The van der Waals surface area contributed by atoms with E-state index >= 15 is 0 Å². The Bertz CT molecular complexity index is 180. The SMILES string of the molecule is C[N+]1(C)CC[C@H](O)[C@@H]1C(=O)[O-].O. The fourth-order valence-corrected chi connectivity index (χ4v) is 1.67. The highest BCUT2D eigenvalue weighted by atomic mass is 16.4. The monoisotopic (exact) mass is 177 g/mol. The largest absolute Gasteiger partial charge is 0.544 e. The second kappa shape index (κ2) is 3.38. The lowest BCUT2D eigenvalue weighted by molar-refractivity contribution is -0.897. The number of carbonyl (C=O) groups excluding carboxylic acids is 1. The topological polar surface area (TPSA) is 91.9 Å². The van der Waals surface area contributed by atoms with Crippen LogP contribution in [0.15, 0.2) is 0 Å². The van der Waals surface area contributed by atoms with E-state index in [0.29, 0.717) is 17.4 Å². The summed E-state index contributed by atoms with van der Waals surface area (Å²) in [7, 11) is 3.58. The molecule has 0 aromatic heterocycles. The van der Waals surface area contributed by atoms with Crippen LogP contribution in [-0.2, 0) is 4.79 Å². The summed E-state index contributed by atoms with van der Waals surface area (Å²) >= 11 is 0. The van der Waals surface area contributed by atoms with Gasteiger partial charge in [0, 0.05) is 6.42 Å². The van der Waals surface area contributed by atoms with Crippen LogP contribution in [0.25, 0.3) is 0 Å². The average molecular weight is 177 g/mol. The van der Waals surface area contributed by atoms with Crippen LogP contribution in [0.5, 0.6) is 0 Å². The molecule has 1 heterocycles. The van der Waals surface area contributed by atoms with Crippen LogP contribution in [0.4, 0.5) is 0 Å². The quantitative estimate of drug-likeness (QED) is 0.436. The minimum absolute atomic E-state index is 0. The van der Waals surface area contributed by atoms with Gasteiger partial charge >= 0.3 is 0 Å². The molecule has 5 heteroatoms. The lowest BCUT2D eigenvalue weighted by atomic mass is 10.1. The lowest BCUT2D eigenvalue weighted by Gasteiger charge is -2.32. The molecule has 5 nitrogen and oxygen atoms in total. The van der Waals surface area contributed by atoms with Crippen molar-refractivity contribution in [1.82, 2.24) is 0 Å². The molecule has 3 N–H and O–H groups in total. The third-order valence-electron chi connectivity index (χ3n) is 2.36. The zero-order valence-corrected chi connectivity index (χ0v) is 7.28. The standard InChI is InChI=1S/C7H13NO3.H2O/c1-8(2)4-3-5(9)6(8)7(10)11;/h5-6,9H,3-4H2,1-2H3;1H2/t5-,6+;/m0./s1. The Morgan fingerprint density at radius 1 is 1.58 bits per heavy atom. The number of likely N-dealkylation sites (N-methyl/N-ethyl adjacent to an activating group) is 1. The number of carbonyl (C=O) groups is 1. The highest BCUT2D eigenvalue weighted by Crippen LogP contribution is 2.21. The molecule has 0 saturated carbocycles. The number of hydrogen-bond donors (Lipinski definition) is 1. The van der Waals surface area contributed by atoms with Crippen molar-refractivity contribution in [1.29, 1.82) is 0 Å². The molecule has 0 amide bonds. The van der Waals surface area contributed by atoms with E-state index in [4.69, 9.17) is 0 Å². The predicted octanol–water partition coefficient (Wildman–Crippen LogP) is -2.88. The summed E-state index contributed by atoms with van der Waals surface area (Å²) in [4.78, 5) is 10.5. The maximum Gasteiger partial charge on any atom is 0.155 e. The van der Waals surface area contributed by atoms with Crippen molar-refractivity contribution in [3.8, 4) is 0 Å². The summed E-state index contributed by atoms with van der Waals surface area (Å²) in [6.45, 7) is 0.694. The first-order valence-corrected chi connectivity index (χ1v) is 3.67. The fraction of sp³-hybridized carbons (Fsp3) is 0.857. The smallest absolute Gasteiger partial charge is 0.155 e. The predicted molar refractivity (Wildman–Crippen MR) is 40.0 cm³/mol. The number of aliphatic carboxylic acids is 1. The minimum Gasteiger partial charge on any atom is -0.544 e. The Kier molecular flexibility index (Phi) is 3.20. The molecule has 0 radical (unpaired) electrons. The van der Waals surface area contributed by atoms with Gasteiger partial charge in [-0.2, -0.15) is 0 Å². The second-order valence-electron chi connectivity index (χ2n) is 3.62. The van der Waals surface area contributed by atoms with E-state index in [9.17, 15) is 15.0 Å². The van der Waals surface area contributed by atoms with E-state index in [1.54, 1.807) is 14.1 Å². The third kappa shape index (κ3) is 1.74. The molecular formula is C7H15NO4. The van der Waals surface area contributed by atoms with E-state index in [2.05, 4.69) is 0 Å². The number of aliphatic hydroxyl groups excluding tert-OH is 1. The molecule has 1 rings (SSSR count). The van der Waals surface area contributed by atoms with Crippen LogP contribution in [0.3, 0.4) is 0 Å². The lowest BCUT2D eigenvalue weighted by Crippen LogP contribution is -2.56. The van der Waals surface area contributed by atoms with Gasteiger partial charge < -0.3 is 25.0 Å². The molecule has 1 aliphatic heterocycles. The van der Waals surface area contributed by atoms with Crippen molar-refractivity contribution in [2.45, 2.75) is 18.6 Å². The maximum absolute atomic E-state index is 10.5. The van der Waals surface area contributed by atoms with Crippen molar-refractivity contribution in [3.63, 3.8) is 0 Å². The first-order valence-electron chi connectivity index (χ1n) is 3.67. The van der Waals surface area contributed by atoms with Crippen molar-refractivity contribution < 1.29 is 25.0 Å². The molecule has 1 fully saturated rings. The Morgan fingerprint density at radius 2 is 2.08 bits per heavy atom. The molecular weight excluding hydrogens is 162 g/mol. The first-order chi connectivity index (χ1) is 4.95. The van der Waals surface area contributed by atoms with E-state index < -0.39 is 18.1 Å². The van der Waals surface area contributed by atoms with Crippen LogP contribution < -0.4 is 5.11 Å². The van der Waals surface area contributed by atoms with Crippen LogP contribution in [0.1, 0.15) is 6.42 Å². The third-order valence-corrected chi connectivity index (χ3v) is 2.36. The molecule has 0 bridgehead atoms. The summed E-state index contributed by atoms with van der Waals surface area (Å²) in [6, 6.07) is -0.755. The van der Waals surface area contributed by atoms with E-state index in [1.807, 2.05) is 0 Å². The van der Waals surface area contributed by atoms with E-state index in [0.717, 1.165) is 0 Å². The van der Waals surface area contributed by atoms with Gasteiger partial charge in [0.2, 0.25) is 0 Å². The Balaban J connectivity index is 0.00000121. The zero-order valence-electron chi connectivity index (χ0n) is 7.28. The molecule has 0 spiro atoms. The van der Waals surface area contributed by atoms with Crippen LogP contribution in [-0.4, -0.2) is 53.8 Å². The highest BCUT2D eigenvalue weighted by Gasteiger charge is 2.42. The molecule has 0 unspecified atom stereocenters. The van der Waals surface area contributed by atoms with Crippen LogP contribution in [0.2, 0.25) is 0 Å². The number of carboxylic acid groups (broad SMARTS) is 1. The maximum atomic E-state index is 10.5. The van der Waals surface area contributed by atoms with Gasteiger partial charge in [-0.25, -0.2) is 0 Å². The first kappa shape index (κ1) is 11.4. The van der Waals surface area contributed by atoms with Crippen molar-refractivity contribution in [2.24, 2.45) is 0 Å². The molecule has 0 aromatic rings. The second-order valence-corrected chi connectivity index (χ2v) is 3.62. The van der Waals surface area contributed by atoms with Crippen LogP contribution >= 0.6 is 0 Å². The highest BCUT2D eigenvalue weighted by molar-refractivity contribution is 5.70. The number of hydrogen-bond acceptors (Lipinski definition) is 3. The minimum atomic E-state index is -1.15. The van der Waals surface area contributed by atoms with Crippen molar-refractivity contribution >= 4 is 5.97 Å². The molecule has 1 saturated heterocycles. The summed E-state index contributed by atoms with van der Waals surface area (Å²) in [5.41, 5.74) is 0. The number of aliphatic hydroxyl groups is 1. The Morgan fingerprint density at radius 3 is 2.25 bits per heavy atom. The summed E-state index contributed by atoms with van der Waals surface area (Å²) < 4.78 is 0.323. The number of carboxylic acids is 1. The molecule has 12 heavy (non-hydrogen) atoms. The average Bonchev–Trinajstić information content (AvgIpc) is 2.06. The molecule has 2 atom stereocenters. The van der Waals surface area contributed by atoms with Gasteiger partial charge in [0.15, 0.2) is 6.04 Å². The van der Waals surface area contributed by atoms with E-state index in [1.165, 1.54) is 0 Å². The Hall–Kier alpha value is -0.650. The van der Waals surface area contributed by atoms with E-state index in [-0.39, 0.29) is 5.48 Å². The van der Waals surface area contributed by atoms with Crippen molar-refractivity contribution in [3.05, 3.63) is 0 Å². The fourth-order valence-electron chi connectivity index (χ4n) is 1.67. The van der Waals surface area contributed by atoms with Gasteiger partial charge in [0.1, 0.15) is 12.1 Å². The van der Waals surface area contributed by atoms with Crippen LogP contribution in [0, 0.1) is 0 Å². The summed E-state index contributed by atoms with van der Waals surface area (Å²) in [5.74, 6) is -1.15. The van der Waals surface area contributed by atoms with Gasteiger partial charge in [-0.05, 0) is 0 Å². The van der Waals surface area contributed by atoms with Gasteiger partial charge in [-0.1, -0.05) is 0 Å². The summed E-state index contributed by atoms with van der Waals surface area (Å²) in [6.07, 6.45) is -0.193. The van der Waals surface area contributed by atoms with Gasteiger partial charge in [0.05, 0.1) is 20.6 Å². The zero-order chi connectivity index (χ0) is 8.65. The molecule has 0 aliphatic carbocycles. The molecule has 1 aliphatic rings. The number of rotatable bonds is 1. The number of nitrogens with zero attached hydrogens (tertiary/aromatic N) is 1. The van der Waals surface area contributed by atoms with Gasteiger partial charge in [-0.15, -0.1) is 0 Å². The van der Waals surface area contributed by atoms with Crippen molar-refractivity contribution in [2.75, 3.05) is 20.6 Å². The number of likely N-dealkylation sites (tertiary alicyclic amines) is 1.